The molecule has 34 heavy (non-hydrogen) atoms. The second-order valence-electron chi connectivity index (χ2n) is 9.40. The fraction of sp³-hybridized carbons (Fsp3) is 0.423. The number of nitriles is 1. The van der Waals surface area contributed by atoms with E-state index in [-0.39, 0.29) is 17.2 Å². The Hall–Kier alpha value is -3.24. The summed E-state index contributed by atoms with van der Waals surface area (Å²) in [7, 11) is 3.60. The van der Waals surface area contributed by atoms with Gasteiger partial charge in [0.15, 0.2) is 0 Å². The van der Waals surface area contributed by atoms with E-state index in [1.807, 2.05) is 25.2 Å². The number of aryl methyl sites for hydroxylation is 1. The van der Waals surface area contributed by atoms with Crippen molar-refractivity contribution in [2.24, 2.45) is 7.05 Å². The molecule has 8 heteroatoms. The number of para-hydroxylation sites is 2. The minimum absolute atomic E-state index is 0.100. The Balaban J connectivity index is 1.44. The Morgan fingerprint density at radius 3 is 2.29 bits per heavy atom. The predicted molar refractivity (Wildman–Crippen MR) is 135 cm³/mol. The van der Waals surface area contributed by atoms with Crippen LogP contribution in [-0.2, 0) is 7.05 Å². The molecule has 2 aliphatic rings. The molecule has 0 amide bonds. The molecule has 1 aromatic carbocycles. The van der Waals surface area contributed by atoms with Crippen molar-refractivity contribution in [3.05, 3.63) is 57.5 Å². The van der Waals surface area contributed by atoms with Gasteiger partial charge in [0.2, 0.25) is 0 Å². The van der Waals surface area contributed by atoms with E-state index in [2.05, 4.69) is 20.9 Å². The van der Waals surface area contributed by atoms with Gasteiger partial charge < -0.3 is 19.5 Å². The van der Waals surface area contributed by atoms with Crippen LogP contribution in [0.2, 0.25) is 5.15 Å². The molecule has 1 N–H and O–H groups in total. The largest absolute Gasteiger partial charge is 0.506 e. The molecule has 2 heterocycles. The van der Waals surface area contributed by atoms with E-state index in [1.54, 1.807) is 25.2 Å². The van der Waals surface area contributed by atoms with Crippen molar-refractivity contribution in [2.45, 2.75) is 56.7 Å². The van der Waals surface area contributed by atoms with Crippen molar-refractivity contribution in [3.63, 3.8) is 0 Å². The second-order valence-corrected chi connectivity index (χ2v) is 9.79. The van der Waals surface area contributed by atoms with Crippen LogP contribution >= 0.6 is 11.6 Å². The number of pyridine rings is 2. The highest BCUT2D eigenvalue weighted by atomic mass is 35.5. The van der Waals surface area contributed by atoms with E-state index >= 15 is 0 Å². The molecule has 0 radical (unpaired) electrons. The third-order valence-corrected chi connectivity index (χ3v) is 7.56. The lowest BCUT2D eigenvalue weighted by atomic mass is 9.88. The lowest BCUT2D eigenvalue weighted by molar-refractivity contribution is 0.363. The molecule has 0 atom stereocenters. The van der Waals surface area contributed by atoms with Gasteiger partial charge in [0, 0.05) is 32.2 Å². The monoisotopic (exact) mass is 477 g/mol. The van der Waals surface area contributed by atoms with Gasteiger partial charge in [0.05, 0.1) is 16.9 Å². The number of aromatic nitrogens is 2. The van der Waals surface area contributed by atoms with E-state index in [9.17, 15) is 15.2 Å². The first-order valence-corrected chi connectivity index (χ1v) is 12.2. The number of anilines is 2. The number of benzene rings is 1. The minimum atomic E-state index is -0.325. The summed E-state index contributed by atoms with van der Waals surface area (Å²) in [4.78, 5) is 21.9. The summed E-state index contributed by atoms with van der Waals surface area (Å²) in [5.41, 5.74) is 2.49. The second kappa shape index (κ2) is 8.84. The molecule has 0 bridgehead atoms. The lowest BCUT2D eigenvalue weighted by Crippen LogP contribution is -2.45. The minimum Gasteiger partial charge on any atom is -0.506 e. The Kier molecular flexibility index (Phi) is 5.86. The first-order valence-electron chi connectivity index (χ1n) is 11.8. The zero-order chi connectivity index (χ0) is 24.0. The average molecular weight is 478 g/mol. The molecule has 2 aliphatic carbocycles. The van der Waals surface area contributed by atoms with E-state index in [0.29, 0.717) is 39.7 Å². The van der Waals surface area contributed by atoms with Gasteiger partial charge in [-0.3, -0.25) is 4.79 Å². The lowest BCUT2D eigenvalue weighted by Gasteiger charge is -2.42. The maximum absolute atomic E-state index is 12.9. The summed E-state index contributed by atoms with van der Waals surface area (Å²) < 4.78 is 1.46. The van der Waals surface area contributed by atoms with Crippen LogP contribution in [0.5, 0.6) is 5.75 Å². The van der Waals surface area contributed by atoms with Crippen molar-refractivity contribution >= 4 is 34.0 Å². The summed E-state index contributed by atoms with van der Waals surface area (Å²) in [5, 5.41) is 20.7. The summed E-state index contributed by atoms with van der Waals surface area (Å²) in [6.45, 7) is 0. The fourth-order valence-corrected chi connectivity index (χ4v) is 5.59. The van der Waals surface area contributed by atoms with Crippen LogP contribution < -0.4 is 15.4 Å². The maximum Gasteiger partial charge on any atom is 0.270 e. The number of rotatable bonds is 5. The van der Waals surface area contributed by atoms with Crippen LogP contribution in [0.15, 0.2) is 41.2 Å². The van der Waals surface area contributed by atoms with Crippen LogP contribution in [0.25, 0.3) is 11.0 Å². The Morgan fingerprint density at radius 1 is 1.06 bits per heavy atom. The van der Waals surface area contributed by atoms with Crippen molar-refractivity contribution in [1.29, 1.82) is 5.26 Å². The number of nitrogens with zero attached hydrogens (tertiary/aromatic N) is 5. The summed E-state index contributed by atoms with van der Waals surface area (Å²) in [6, 6.07) is 14.2. The summed E-state index contributed by atoms with van der Waals surface area (Å²) in [5.74, 6) is 0.335. The highest BCUT2D eigenvalue weighted by molar-refractivity contribution is 6.29. The topological polar surface area (TPSA) is 85.4 Å². The van der Waals surface area contributed by atoms with Crippen molar-refractivity contribution < 1.29 is 5.11 Å². The van der Waals surface area contributed by atoms with E-state index in [0.717, 1.165) is 44.2 Å². The van der Waals surface area contributed by atoms with Crippen molar-refractivity contribution in [1.82, 2.24) is 9.55 Å². The molecule has 2 saturated carbocycles. The molecular weight excluding hydrogens is 450 g/mol. The number of fused-ring (bicyclic) bond motifs is 1. The molecular formula is C26H28ClN5O2. The molecule has 2 aromatic heterocycles. The van der Waals surface area contributed by atoms with Gasteiger partial charge >= 0.3 is 0 Å². The SMILES string of the molecule is CN(c1c(C#N)c(=O)n(C)c2ccc(Cl)nc12)C1CCC(N(c2ccccc2O)C2CC2)CC1. The highest BCUT2D eigenvalue weighted by Gasteiger charge is 2.38. The number of halogens is 1. The van der Waals surface area contributed by atoms with Gasteiger partial charge in [-0.1, -0.05) is 23.7 Å². The van der Waals surface area contributed by atoms with E-state index in [4.69, 9.17) is 11.6 Å². The van der Waals surface area contributed by atoms with Gasteiger partial charge in [-0.2, -0.15) is 5.26 Å². The zero-order valence-electron chi connectivity index (χ0n) is 19.4. The molecule has 176 valence electrons. The smallest absolute Gasteiger partial charge is 0.270 e. The van der Waals surface area contributed by atoms with E-state index < -0.39 is 0 Å². The van der Waals surface area contributed by atoms with Crippen LogP contribution in [0.1, 0.15) is 44.1 Å². The third-order valence-electron chi connectivity index (χ3n) is 7.35. The van der Waals surface area contributed by atoms with Crippen LogP contribution in [0.4, 0.5) is 11.4 Å². The third kappa shape index (κ3) is 3.86. The number of hydrogen-bond donors (Lipinski definition) is 1. The molecule has 0 unspecified atom stereocenters. The first kappa shape index (κ1) is 22.5. The Bertz CT molecular complexity index is 1340. The number of phenolic OH excluding ortho intramolecular Hbond substituents is 1. The normalized spacial score (nSPS) is 20.2. The maximum atomic E-state index is 12.9. The summed E-state index contributed by atoms with van der Waals surface area (Å²) >= 11 is 6.20. The Labute approximate surface area is 203 Å². The summed E-state index contributed by atoms with van der Waals surface area (Å²) in [6.07, 6.45) is 6.09. The predicted octanol–water partition coefficient (Wildman–Crippen LogP) is 4.58. The Morgan fingerprint density at radius 2 is 1.68 bits per heavy atom. The van der Waals surface area contributed by atoms with Gasteiger partial charge in [-0.15, -0.1) is 0 Å². The van der Waals surface area contributed by atoms with Crippen molar-refractivity contribution in [2.75, 3.05) is 16.8 Å². The first-order chi connectivity index (χ1) is 16.4. The van der Waals surface area contributed by atoms with Crippen LogP contribution in [-0.4, -0.2) is 39.8 Å². The van der Waals surface area contributed by atoms with Gasteiger partial charge in [0.25, 0.3) is 5.56 Å². The number of hydrogen-bond acceptors (Lipinski definition) is 6. The average Bonchev–Trinajstić information content (AvgIpc) is 3.68. The highest BCUT2D eigenvalue weighted by Crippen LogP contribution is 2.42. The number of phenols is 1. The number of aromatic hydroxyl groups is 1. The molecule has 5 rings (SSSR count). The molecule has 0 aliphatic heterocycles. The van der Waals surface area contributed by atoms with Crippen LogP contribution in [0.3, 0.4) is 0 Å². The van der Waals surface area contributed by atoms with Crippen LogP contribution in [0, 0.1) is 11.3 Å². The van der Waals surface area contributed by atoms with E-state index in [1.165, 1.54) is 4.57 Å². The zero-order valence-corrected chi connectivity index (χ0v) is 20.2. The molecule has 0 saturated heterocycles. The van der Waals surface area contributed by atoms with Crippen molar-refractivity contribution in [3.8, 4) is 11.8 Å². The van der Waals surface area contributed by atoms with Gasteiger partial charge in [-0.25, -0.2) is 4.98 Å². The molecule has 3 aromatic rings. The van der Waals surface area contributed by atoms with Gasteiger partial charge in [-0.05, 0) is 62.8 Å². The molecule has 2 fully saturated rings. The quantitative estimate of drug-likeness (QED) is 0.541. The molecule has 7 nitrogen and oxygen atoms in total. The van der Waals surface area contributed by atoms with Gasteiger partial charge in [0.1, 0.15) is 28.1 Å². The molecule has 0 spiro atoms. The fourth-order valence-electron chi connectivity index (χ4n) is 5.45. The standard InChI is InChI=1S/C26H28ClN5O2/c1-30(25-19(15-28)26(34)31(2)21-13-14-23(27)29-24(21)25)16-7-9-17(10-8-16)32(18-11-12-18)20-5-3-4-6-22(20)33/h3-6,13-14,16-18,33H,7-12H2,1-2H3.